The maximum atomic E-state index is 12.1. The summed E-state index contributed by atoms with van der Waals surface area (Å²) < 4.78 is 6.01. The van der Waals surface area contributed by atoms with Gasteiger partial charge in [-0.2, -0.15) is 0 Å². The number of amides is 1. The van der Waals surface area contributed by atoms with Crippen LogP contribution in [-0.2, 0) is 4.79 Å². The molecule has 1 heterocycles. The summed E-state index contributed by atoms with van der Waals surface area (Å²) >= 11 is 6.25. The fraction of sp³-hybridized carbons (Fsp3) is 0.0588. The van der Waals surface area contributed by atoms with Crippen LogP contribution in [0.1, 0.15) is 5.56 Å². The molecule has 1 saturated heterocycles. The lowest BCUT2D eigenvalue weighted by Crippen LogP contribution is -2.22. The zero-order valence-electron chi connectivity index (χ0n) is 14.2. The van der Waals surface area contributed by atoms with E-state index in [9.17, 15) is 25.0 Å². The van der Waals surface area contributed by atoms with E-state index in [-0.39, 0.29) is 17.4 Å². The number of carbonyl (C=O) groups is 1. The average Bonchev–Trinajstić information content (AvgIpc) is 2.89. The number of benzene rings is 2. The summed E-state index contributed by atoms with van der Waals surface area (Å²) in [6, 6.07) is 9.70. The van der Waals surface area contributed by atoms with E-state index >= 15 is 0 Å². The number of likely N-dealkylation sites (N-methyl/N-ethyl adjacent to an activating group) is 1. The van der Waals surface area contributed by atoms with Crippen LogP contribution in [0.4, 0.5) is 11.4 Å². The molecule has 0 atom stereocenters. The monoisotopic (exact) mass is 417 g/mol. The van der Waals surface area contributed by atoms with Gasteiger partial charge in [-0.1, -0.05) is 36.1 Å². The van der Waals surface area contributed by atoms with Gasteiger partial charge in [0.25, 0.3) is 11.6 Å². The summed E-state index contributed by atoms with van der Waals surface area (Å²) in [5.74, 6) is -0.0716. The number of thioether (sulfide) groups is 1. The fourth-order valence-electron chi connectivity index (χ4n) is 2.34. The van der Waals surface area contributed by atoms with Gasteiger partial charge >= 0.3 is 5.69 Å². The quantitative estimate of drug-likeness (QED) is 0.309. The number of carbonyl (C=O) groups excluding carboxylic acids is 1. The molecule has 1 aliphatic heterocycles. The van der Waals surface area contributed by atoms with Gasteiger partial charge in [0.15, 0.2) is 0 Å². The highest BCUT2D eigenvalue weighted by Gasteiger charge is 2.28. The van der Waals surface area contributed by atoms with Crippen molar-refractivity contribution in [1.29, 1.82) is 0 Å². The van der Waals surface area contributed by atoms with Gasteiger partial charge in [-0.05, 0) is 29.8 Å². The molecule has 11 heteroatoms. The summed E-state index contributed by atoms with van der Waals surface area (Å²) in [6.07, 6.45) is 1.64. The Labute approximate surface area is 167 Å². The normalized spacial score (nSPS) is 15.2. The number of ether oxygens (including phenoxy) is 1. The highest BCUT2D eigenvalue weighted by molar-refractivity contribution is 8.26. The standard InChI is InChI=1S/C17H11N3O6S2/c1-18-16(21)15(28-17(18)27)8-10-3-2-4-12(7-10)26-14-6-5-11(19(22)23)9-13(14)20(24)25/h2-9H,1H3/b15-8+. The molecule has 0 aromatic heterocycles. The van der Waals surface area contributed by atoms with Crippen molar-refractivity contribution < 1.29 is 19.4 Å². The van der Waals surface area contributed by atoms with Crippen molar-refractivity contribution in [3.05, 3.63) is 73.2 Å². The Morgan fingerprint density at radius 1 is 1.14 bits per heavy atom. The number of non-ortho nitro benzene ring substituents is 1. The molecule has 0 spiro atoms. The van der Waals surface area contributed by atoms with Crippen LogP contribution in [0.25, 0.3) is 6.08 Å². The first-order valence-corrected chi connectivity index (χ1v) is 8.91. The van der Waals surface area contributed by atoms with Gasteiger partial charge in [-0.25, -0.2) is 0 Å². The average molecular weight is 417 g/mol. The van der Waals surface area contributed by atoms with E-state index < -0.39 is 21.2 Å². The lowest BCUT2D eigenvalue weighted by atomic mass is 10.2. The van der Waals surface area contributed by atoms with Crippen molar-refractivity contribution in [2.24, 2.45) is 0 Å². The van der Waals surface area contributed by atoms with E-state index in [1.54, 1.807) is 37.4 Å². The molecule has 3 rings (SSSR count). The Bertz CT molecular complexity index is 1050. The Balaban J connectivity index is 1.90. The Hall–Kier alpha value is -3.31. The fourth-order valence-corrected chi connectivity index (χ4v) is 3.52. The number of nitro benzene ring substituents is 2. The molecule has 1 fully saturated rings. The predicted molar refractivity (Wildman–Crippen MR) is 107 cm³/mol. The number of thiocarbonyl (C=S) groups is 1. The van der Waals surface area contributed by atoms with Crippen LogP contribution in [0.15, 0.2) is 47.4 Å². The number of hydrogen-bond donors (Lipinski definition) is 0. The predicted octanol–water partition coefficient (Wildman–Crippen LogP) is 4.13. The first kappa shape index (κ1) is 19.5. The molecule has 0 saturated carbocycles. The third kappa shape index (κ3) is 4.00. The molecule has 28 heavy (non-hydrogen) atoms. The van der Waals surface area contributed by atoms with Gasteiger partial charge in [0, 0.05) is 13.1 Å². The summed E-state index contributed by atoms with van der Waals surface area (Å²) in [4.78, 5) is 34.5. The van der Waals surface area contributed by atoms with E-state index in [0.717, 1.165) is 12.1 Å². The number of hydrogen-bond acceptors (Lipinski definition) is 8. The minimum atomic E-state index is -0.751. The van der Waals surface area contributed by atoms with Crippen LogP contribution in [0, 0.1) is 20.2 Å². The van der Waals surface area contributed by atoms with E-state index in [1.165, 1.54) is 22.7 Å². The molecule has 2 aromatic rings. The summed E-state index contributed by atoms with van der Waals surface area (Å²) in [7, 11) is 1.59. The van der Waals surface area contributed by atoms with Gasteiger partial charge in [-0.15, -0.1) is 0 Å². The minimum Gasteiger partial charge on any atom is -0.450 e. The summed E-state index contributed by atoms with van der Waals surface area (Å²) in [6.45, 7) is 0. The van der Waals surface area contributed by atoms with E-state index in [2.05, 4.69) is 0 Å². The summed E-state index contributed by atoms with van der Waals surface area (Å²) in [5, 5.41) is 22.0. The summed E-state index contributed by atoms with van der Waals surface area (Å²) in [5.41, 5.74) is -0.295. The van der Waals surface area contributed by atoms with Crippen molar-refractivity contribution in [3.8, 4) is 11.5 Å². The van der Waals surface area contributed by atoms with Gasteiger partial charge in [0.1, 0.15) is 10.1 Å². The van der Waals surface area contributed by atoms with Crippen LogP contribution in [0.5, 0.6) is 11.5 Å². The van der Waals surface area contributed by atoms with Crippen molar-refractivity contribution in [2.45, 2.75) is 0 Å². The van der Waals surface area contributed by atoms with Gasteiger partial charge in [0.05, 0.1) is 20.8 Å². The first-order valence-electron chi connectivity index (χ1n) is 7.68. The lowest BCUT2D eigenvalue weighted by molar-refractivity contribution is -0.394. The highest BCUT2D eigenvalue weighted by atomic mass is 32.2. The second-order valence-electron chi connectivity index (χ2n) is 5.58. The van der Waals surface area contributed by atoms with Gasteiger partial charge in [-0.3, -0.25) is 29.9 Å². The van der Waals surface area contributed by atoms with E-state index in [0.29, 0.717) is 14.8 Å². The topological polar surface area (TPSA) is 116 Å². The zero-order valence-corrected chi connectivity index (χ0v) is 15.9. The van der Waals surface area contributed by atoms with Crippen molar-refractivity contribution in [3.63, 3.8) is 0 Å². The molecule has 0 unspecified atom stereocenters. The maximum absolute atomic E-state index is 12.1. The number of nitro groups is 2. The molecule has 0 N–H and O–H groups in total. The third-order valence-corrected chi connectivity index (χ3v) is 5.20. The van der Waals surface area contributed by atoms with Crippen molar-refractivity contribution in [1.82, 2.24) is 4.90 Å². The molecule has 1 aliphatic rings. The number of nitrogens with zero attached hydrogens (tertiary/aromatic N) is 3. The SMILES string of the molecule is CN1C(=O)/C(=C\c2cccc(Oc3ccc([N+](=O)[O-])cc3[N+](=O)[O-])c2)SC1=S. The molecule has 0 radical (unpaired) electrons. The van der Waals surface area contributed by atoms with Crippen LogP contribution in [-0.4, -0.2) is 32.0 Å². The zero-order chi connectivity index (χ0) is 20.4. The van der Waals surface area contributed by atoms with Gasteiger partial charge < -0.3 is 4.74 Å². The van der Waals surface area contributed by atoms with Crippen LogP contribution >= 0.6 is 24.0 Å². The molecule has 2 aromatic carbocycles. The van der Waals surface area contributed by atoms with E-state index in [4.69, 9.17) is 17.0 Å². The molecular weight excluding hydrogens is 406 g/mol. The molecule has 0 bridgehead atoms. The molecule has 1 amide bonds. The molecule has 0 aliphatic carbocycles. The largest absolute Gasteiger partial charge is 0.450 e. The Morgan fingerprint density at radius 2 is 1.89 bits per heavy atom. The van der Waals surface area contributed by atoms with Crippen molar-refractivity contribution >= 4 is 51.7 Å². The van der Waals surface area contributed by atoms with Gasteiger partial charge in [0.2, 0.25) is 5.75 Å². The highest BCUT2D eigenvalue weighted by Crippen LogP contribution is 2.35. The maximum Gasteiger partial charge on any atom is 0.318 e. The first-order chi connectivity index (χ1) is 13.3. The third-order valence-electron chi connectivity index (χ3n) is 3.72. The second-order valence-corrected chi connectivity index (χ2v) is 7.26. The van der Waals surface area contributed by atoms with Crippen molar-refractivity contribution in [2.75, 3.05) is 7.05 Å². The molecule has 142 valence electrons. The molecular formula is C17H11N3O6S2. The minimum absolute atomic E-state index is 0.132. The smallest absolute Gasteiger partial charge is 0.318 e. The number of rotatable bonds is 5. The van der Waals surface area contributed by atoms with Crippen LogP contribution in [0.3, 0.4) is 0 Å². The second kappa shape index (κ2) is 7.74. The molecule has 9 nitrogen and oxygen atoms in total. The van der Waals surface area contributed by atoms with E-state index in [1.807, 2.05) is 0 Å². The Morgan fingerprint density at radius 3 is 2.50 bits per heavy atom. The van der Waals surface area contributed by atoms with Crippen LogP contribution < -0.4 is 4.74 Å². The lowest BCUT2D eigenvalue weighted by Gasteiger charge is -2.07. The Kier molecular flexibility index (Phi) is 5.38. The van der Waals surface area contributed by atoms with Crippen LogP contribution in [0.2, 0.25) is 0 Å².